The molecule has 0 bridgehead atoms. The number of carboxylic acid groups (broad SMARTS) is 2. The number of aliphatic carboxylic acids is 2. The largest absolute Gasteiger partial charge is 1.00 e. The molecule has 0 aliphatic heterocycles. The molecule has 0 amide bonds. The number of carboxylic acids is 2. The quantitative estimate of drug-likeness (QED) is 0.477. The standard InChI is InChI=1S/C12H20O4.2Na/c1-7(2)5-8-3-4-9(11(13)14)10(6-8)12(15)16;;/h7-10H,3-6H2,1-2H3,(H,13,14)(H,15,16);;/q;2*+1/p-2. The van der Waals surface area contributed by atoms with Gasteiger partial charge in [-0.2, -0.15) is 0 Å². The summed E-state index contributed by atoms with van der Waals surface area (Å²) in [5.41, 5.74) is 0. The van der Waals surface area contributed by atoms with Gasteiger partial charge in [0.1, 0.15) is 0 Å². The van der Waals surface area contributed by atoms with Crippen LogP contribution in [0.3, 0.4) is 0 Å². The van der Waals surface area contributed by atoms with Gasteiger partial charge in [0.05, 0.1) is 0 Å². The van der Waals surface area contributed by atoms with Crippen LogP contribution in [0.15, 0.2) is 0 Å². The van der Waals surface area contributed by atoms with Crippen molar-refractivity contribution in [3.8, 4) is 0 Å². The summed E-state index contributed by atoms with van der Waals surface area (Å²) in [6, 6.07) is 0. The molecule has 0 N–H and O–H groups in total. The van der Waals surface area contributed by atoms with Crippen molar-refractivity contribution in [1.29, 1.82) is 0 Å². The van der Waals surface area contributed by atoms with Crippen LogP contribution in [-0.2, 0) is 9.59 Å². The van der Waals surface area contributed by atoms with Gasteiger partial charge in [-0.05, 0) is 37.5 Å². The summed E-state index contributed by atoms with van der Waals surface area (Å²) in [6.07, 6.45) is 2.54. The monoisotopic (exact) mass is 272 g/mol. The van der Waals surface area contributed by atoms with Gasteiger partial charge in [0.2, 0.25) is 0 Å². The fourth-order valence-electron chi connectivity index (χ4n) is 2.68. The Hall–Kier alpha value is 0.940. The van der Waals surface area contributed by atoms with Crippen LogP contribution in [0.25, 0.3) is 0 Å². The van der Waals surface area contributed by atoms with Crippen molar-refractivity contribution in [1.82, 2.24) is 0 Å². The molecule has 3 atom stereocenters. The van der Waals surface area contributed by atoms with Crippen molar-refractivity contribution < 1.29 is 78.9 Å². The van der Waals surface area contributed by atoms with Gasteiger partial charge in [-0.3, -0.25) is 0 Å². The van der Waals surface area contributed by atoms with Crippen LogP contribution in [0.2, 0.25) is 0 Å². The zero-order valence-electron chi connectivity index (χ0n) is 11.8. The van der Waals surface area contributed by atoms with Crippen LogP contribution >= 0.6 is 0 Å². The van der Waals surface area contributed by atoms with Crippen molar-refractivity contribution in [2.75, 3.05) is 0 Å². The molecule has 6 heteroatoms. The van der Waals surface area contributed by atoms with Gasteiger partial charge in [-0.1, -0.05) is 13.8 Å². The molecule has 1 fully saturated rings. The maximum atomic E-state index is 10.9. The third-order valence-electron chi connectivity index (χ3n) is 3.37. The Morgan fingerprint density at radius 2 is 1.56 bits per heavy atom. The Balaban J connectivity index is 0. The fraction of sp³-hybridized carbons (Fsp3) is 0.833. The molecule has 1 saturated carbocycles. The fourth-order valence-corrected chi connectivity index (χ4v) is 2.68. The van der Waals surface area contributed by atoms with Crippen LogP contribution in [0.4, 0.5) is 0 Å². The molecular weight excluding hydrogens is 254 g/mol. The van der Waals surface area contributed by atoms with E-state index < -0.39 is 23.8 Å². The number of hydrogen-bond donors (Lipinski definition) is 0. The van der Waals surface area contributed by atoms with Crippen molar-refractivity contribution >= 4 is 11.9 Å². The van der Waals surface area contributed by atoms with Crippen molar-refractivity contribution in [2.45, 2.75) is 39.5 Å². The van der Waals surface area contributed by atoms with E-state index in [2.05, 4.69) is 13.8 Å². The second-order valence-corrected chi connectivity index (χ2v) is 5.16. The number of rotatable bonds is 4. The van der Waals surface area contributed by atoms with Gasteiger partial charge in [0.25, 0.3) is 0 Å². The number of hydrogen-bond acceptors (Lipinski definition) is 4. The zero-order valence-corrected chi connectivity index (χ0v) is 15.8. The second-order valence-electron chi connectivity index (χ2n) is 5.16. The molecule has 0 aromatic heterocycles. The maximum absolute atomic E-state index is 10.9. The third kappa shape index (κ3) is 6.40. The third-order valence-corrected chi connectivity index (χ3v) is 3.37. The molecule has 0 aromatic carbocycles. The first-order valence-corrected chi connectivity index (χ1v) is 5.83. The summed E-state index contributed by atoms with van der Waals surface area (Å²) < 4.78 is 0. The van der Waals surface area contributed by atoms with E-state index in [9.17, 15) is 19.8 Å². The first-order valence-electron chi connectivity index (χ1n) is 5.83. The van der Waals surface area contributed by atoms with Gasteiger partial charge in [-0.25, -0.2) is 0 Å². The van der Waals surface area contributed by atoms with Crippen molar-refractivity contribution in [3.63, 3.8) is 0 Å². The molecule has 1 rings (SSSR count). The minimum Gasteiger partial charge on any atom is -0.550 e. The SMILES string of the molecule is CC(C)CC1CCC(C(=O)[O-])C(C(=O)[O-])C1.[Na+].[Na+]. The molecule has 1 aliphatic carbocycles. The van der Waals surface area contributed by atoms with Gasteiger partial charge in [0, 0.05) is 23.8 Å². The molecule has 18 heavy (non-hydrogen) atoms. The van der Waals surface area contributed by atoms with Crippen LogP contribution in [0.5, 0.6) is 0 Å². The Labute approximate surface area is 152 Å². The molecule has 0 radical (unpaired) electrons. The summed E-state index contributed by atoms with van der Waals surface area (Å²) in [6.45, 7) is 4.16. The first-order chi connectivity index (χ1) is 7.41. The summed E-state index contributed by atoms with van der Waals surface area (Å²) in [5, 5.41) is 21.7. The summed E-state index contributed by atoms with van der Waals surface area (Å²) in [4.78, 5) is 21.7. The number of carbonyl (C=O) groups excluding carboxylic acids is 2. The summed E-state index contributed by atoms with van der Waals surface area (Å²) in [5.74, 6) is -3.43. The average molecular weight is 272 g/mol. The molecule has 0 aromatic rings. The van der Waals surface area contributed by atoms with E-state index in [0.717, 1.165) is 12.8 Å². The molecule has 3 unspecified atom stereocenters. The topological polar surface area (TPSA) is 80.3 Å². The Morgan fingerprint density at radius 1 is 1.06 bits per heavy atom. The molecule has 92 valence electrons. The Kier molecular flexibility index (Phi) is 11.5. The van der Waals surface area contributed by atoms with Crippen LogP contribution in [-0.4, -0.2) is 11.9 Å². The number of carbonyl (C=O) groups is 2. The van der Waals surface area contributed by atoms with E-state index in [1.165, 1.54) is 0 Å². The summed E-state index contributed by atoms with van der Waals surface area (Å²) >= 11 is 0. The normalized spacial score (nSPS) is 26.9. The molecular formula is C12H18Na2O4. The predicted octanol–water partition coefficient (Wildman–Crippen LogP) is -6.43. The molecule has 0 spiro atoms. The van der Waals surface area contributed by atoms with Crippen LogP contribution in [0.1, 0.15) is 39.5 Å². The molecule has 0 saturated heterocycles. The smallest absolute Gasteiger partial charge is 0.550 e. The van der Waals surface area contributed by atoms with Crippen LogP contribution in [0, 0.1) is 23.7 Å². The zero-order chi connectivity index (χ0) is 12.3. The van der Waals surface area contributed by atoms with E-state index in [1.54, 1.807) is 0 Å². The van der Waals surface area contributed by atoms with E-state index in [-0.39, 0.29) is 59.1 Å². The van der Waals surface area contributed by atoms with Gasteiger partial charge in [-0.15, -0.1) is 0 Å². The molecule has 1 aliphatic rings. The minimum atomic E-state index is -1.25. The summed E-state index contributed by atoms with van der Waals surface area (Å²) in [7, 11) is 0. The van der Waals surface area contributed by atoms with Gasteiger partial charge >= 0.3 is 59.1 Å². The van der Waals surface area contributed by atoms with Gasteiger partial charge in [0.15, 0.2) is 0 Å². The van der Waals surface area contributed by atoms with Crippen molar-refractivity contribution in [3.05, 3.63) is 0 Å². The Morgan fingerprint density at radius 3 is 1.94 bits per heavy atom. The van der Waals surface area contributed by atoms with Crippen LogP contribution < -0.4 is 69.3 Å². The first kappa shape index (κ1) is 21.2. The Bertz CT molecular complexity index is 281. The van der Waals surface area contributed by atoms with E-state index in [0.29, 0.717) is 24.7 Å². The van der Waals surface area contributed by atoms with E-state index in [4.69, 9.17) is 0 Å². The second kappa shape index (κ2) is 9.78. The molecule has 4 nitrogen and oxygen atoms in total. The average Bonchev–Trinajstić information content (AvgIpc) is 2.16. The van der Waals surface area contributed by atoms with E-state index in [1.807, 2.05) is 0 Å². The molecule has 0 heterocycles. The minimum absolute atomic E-state index is 0. The van der Waals surface area contributed by atoms with Gasteiger partial charge < -0.3 is 19.8 Å². The predicted molar refractivity (Wildman–Crippen MR) is 53.8 cm³/mol. The van der Waals surface area contributed by atoms with E-state index >= 15 is 0 Å². The maximum Gasteiger partial charge on any atom is 1.00 e. The van der Waals surface area contributed by atoms with Crippen molar-refractivity contribution in [2.24, 2.45) is 23.7 Å².